The lowest BCUT2D eigenvalue weighted by atomic mass is 10.3. The van der Waals surface area contributed by atoms with E-state index in [9.17, 15) is 4.79 Å². The predicted molar refractivity (Wildman–Crippen MR) is 66.1 cm³/mol. The Morgan fingerprint density at radius 1 is 1.38 bits per heavy atom. The van der Waals surface area contributed by atoms with Gasteiger partial charge in [-0.3, -0.25) is 0 Å². The maximum Gasteiger partial charge on any atom is 0.333 e. The highest BCUT2D eigenvalue weighted by atomic mass is 16.5. The van der Waals surface area contributed by atoms with Gasteiger partial charge < -0.3 is 14.1 Å². The van der Waals surface area contributed by atoms with Gasteiger partial charge in [-0.15, -0.1) is 0 Å². The van der Waals surface area contributed by atoms with Gasteiger partial charge in [-0.25, -0.2) is 4.79 Å². The molecule has 0 spiro atoms. The van der Waals surface area contributed by atoms with Crippen molar-refractivity contribution in [3.63, 3.8) is 0 Å². The minimum atomic E-state index is -0.305. The van der Waals surface area contributed by atoms with Crippen molar-refractivity contribution in [2.24, 2.45) is 0 Å². The normalized spacial score (nSPS) is 13.7. The molecule has 0 aromatic carbocycles. The van der Waals surface area contributed by atoms with Crippen LogP contribution in [0.15, 0.2) is 12.2 Å². The van der Waals surface area contributed by atoms with Gasteiger partial charge in [-0.1, -0.05) is 6.58 Å². The molecule has 1 atom stereocenters. The molecule has 4 heteroatoms. The number of carbonyl (C=O) groups is 1. The Kier molecular flexibility index (Phi) is 5.68. The van der Waals surface area contributed by atoms with Crippen LogP contribution < -0.4 is 0 Å². The second-order valence-electron chi connectivity index (χ2n) is 5.54. The standard InChI is InChI=1S/C12H25N2O2/c1-10(2)12(15)16-11(8-13(3)4)9-14(5,6)7/h11H,1,8-9H2,2-7H3/q+1. The van der Waals surface area contributed by atoms with Gasteiger partial charge in [0.15, 0.2) is 6.10 Å². The molecule has 0 aliphatic heterocycles. The SMILES string of the molecule is C=C(C)C(=O)OC(CN(C)C)C[N+](C)(C)C. The third-order valence-corrected chi connectivity index (χ3v) is 1.94. The number of esters is 1. The minimum absolute atomic E-state index is 0.0980. The van der Waals surface area contributed by atoms with Crippen molar-refractivity contribution in [2.45, 2.75) is 13.0 Å². The summed E-state index contributed by atoms with van der Waals surface area (Å²) < 4.78 is 6.17. The topological polar surface area (TPSA) is 29.5 Å². The summed E-state index contributed by atoms with van der Waals surface area (Å²) in [7, 11) is 10.2. The molecular formula is C12H25N2O2+. The van der Waals surface area contributed by atoms with Gasteiger partial charge in [-0.05, 0) is 21.0 Å². The average Bonchev–Trinajstić information content (AvgIpc) is 1.98. The fourth-order valence-electron chi connectivity index (χ4n) is 1.40. The molecule has 0 aliphatic rings. The van der Waals surface area contributed by atoms with Crippen molar-refractivity contribution in [3.8, 4) is 0 Å². The molecule has 0 heterocycles. The molecule has 0 radical (unpaired) electrons. The van der Waals surface area contributed by atoms with E-state index in [2.05, 4.69) is 27.7 Å². The van der Waals surface area contributed by atoms with Crippen molar-refractivity contribution >= 4 is 5.97 Å². The first-order valence-electron chi connectivity index (χ1n) is 5.43. The maximum atomic E-state index is 11.5. The van der Waals surface area contributed by atoms with Crippen molar-refractivity contribution in [1.29, 1.82) is 0 Å². The number of rotatable bonds is 6. The van der Waals surface area contributed by atoms with Crippen LogP contribution in [0.3, 0.4) is 0 Å². The molecule has 1 unspecified atom stereocenters. The monoisotopic (exact) mass is 229 g/mol. The van der Waals surface area contributed by atoms with Gasteiger partial charge in [0.25, 0.3) is 0 Å². The number of hydrogen-bond donors (Lipinski definition) is 0. The summed E-state index contributed by atoms with van der Waals surface area (Å²) in [6.45, 7) is 6.78. The summed E-state index contributed by atoms with van der Waals surface area (Å²) in [6, 6.07) is 0. The van der Waals surface area contributed by atoms with E-state index >= 15 is 0 Å². The van der Waals surface area contributed by atoms with Crippen LogP contribution in [0.2, 0.25) is 0 Å². The molecule has 0 fully saturated rings. The van der Waals surface area contributed by atoms with E-state index in [1.165, 1.54) is 0 Å². The molecule has 94 valence electrons. The summed E-state index contributed by atoms with van der Waals surface area (Å²) in [6.07, 6.45) is -0.0980. The number of hydrogen-bond acceptors (Lipinski definition) is 3. The van der Waals surface area contributed by atoms with E-state index in [4.69, 9.17) is 4.74 Å². The van der Waals surface area contributed by atoms with Crippen LogP contribution in [-0.2, 0) is 9.53 Å². The zero-order chi connectivity index (χ0) is 12.9. The zero-order valence-electron chi connectivity index (χ0n) is 11.4. The van der Waals surface area contributed by atoms with Gasteiger partial charge in [0.1, 0.15) is 6.54 Å². The summed E-state index contributed by atoms with van der Waals surface area (Å²) in [4.78, 5) is 13.5. The van der Waals surface area contributed by atoms with Gasteiger partial charge in [-0.2, -0.15) is 0 Å². The molecule has 0 aromatic heterocycles. The van der Waals surface area contributed by atoms with Crippen molar-refractivity contribution < 1.29 is 14.0 Å². The lowest BCUT2D eigenvalue weighted by Crippen LogP contribution is -2.46. The van der Waals surface area contributed by atoms with Crippen LogP contribution in [-0.4, -0.2) is 69.8 Å². The molecular weight excluding hydrogens is 204 g/mol. The first-order chi connectivity index (χ1) is 7.11. The van der Waals surface area contributed by atoms with Crippen LogP contribution in [0.4, 0.5) is 0 Å². The van der Waals surface area contributed by atoms with Crippen LogP contribution in [0.1, 0.15) is 6.92 Å². The van der Waals surface area contributed by atoms with E-state index in [1.54, 1.807) is 6.92 Å². The molecule has 0 saturated carbocycles. The minimum Gasteiger partial charge on any atom is -0.452 e. The third kappa shape index (κ3) is 7.43. The lowest BCUT2D eigenvalue weighted by Gasteiger charge is -2.30. The second-order valence-corrected chi connectivity index (χ2v) is 5.54. The average molecular weight is 229 g/mol. The van der Waals surface area contributed by atoms with E-state index in [0.29, 0.717) is 5.57 Å². The Morgan fingerprint density at radius 3 is 2.19 bits per heavy atom. The maximum absolute atomic E-state index is 11.5. The zero-order valence-corrected chi connectivity index (χ0v) is 11.4. The van der Waals surface area contributed by atoms with Crippen molar-refractivity contribution in [3.05, 3.63) is 12.2 Å². The number of quaternary nitrogens is 1. The summed E-state index contributed by atoms with van der Waals surface area (Å²) in [5.41, 5.74) is 0.449. The van der Waals surface area contributed by atoms with Crippen LogP contribution >= 0.6 is 0 Å². The molecule has 0 aliphatic carbocycles. The molecule has 0 amide bonds. The Morgan fingerprint density at radius 2 is 1.88 bits per heavy atom. The molecule has 0 bridgehead atoms. The van der Waals surface area contributed by atoms with Crippen molar-refractivity contribution in [2.75, 3.05) is 48.3 Å². The van der Waals surface area contributed by atoms with Crippen LogP contribution in [0.25, 0.3) is 0 Å². The van der Waals surface area contributed by atoms with E-state index in [-0.39, 0.29) is 12.1 Å². The van der Waals surface area contributed by atoms with Crippen LogP contribution in [0.5, 0.6) is 0 Å². The highest BCUT2D eigenvalue weighted by molar-refractivity contribution is 5.87. The Bertz CT molecular complexity index is 254. The number of nitrogens with zero attached hydrogens (tertiary/aromatic N) is 2. The highest BCUT2D eigenvalue weighted by Crippen LogP contribution is 2.04. The summed E-state index contributed by atoms with van der Waals surface area (Å²) in [5.74, 6) is -0.305. The number of ether oxygens (including phenoxy) is 1. The molecule has 0 saturated heterocycles. The molecule has 4 nitrogen and oxygen atoms in total. The van der Waals surface area contributed by atoms with Gasteiger partial charge in [0, 0.05) is 12.1 Å². The summed E-state index contributed by atoms with van der Waals surface area (Å²) in [5, 5.41) is 0. The lowest BCUT2D eigenvalue weighted by molar-refractivity contribution is -0.873. The van der Waals surface area contributed by atoms with Gasteiger partial charge >= 0.3 is 5.97 Å². The number of carbonyl (C=O) groups excluding carboxylic acids is 1. The highest BCUT2D eigenvalue weighted by Gasteiger charge is 2.22. The first-order valence-corrected chi connectivity index (χ1v) is 5.43. The van der Waals surface area contributed by atoms with Crippen molar-refractivity contribution in [1.82, 2.24) is 4.90 Å². The summed E-state index contributed by atoms with van der Waals surface area (Å²) >= 11 is 0. The van der Waals surface area contributed by atoms with E-state index in [1.807, 2.05) is 19.0 Å². The quantitative estimate of drug-likeness (QED) is 0.382. The van der Waals surface area contributed by atoms with Gasteiger partial charge in [0.05, 0.1) is 21.1 Å². The smallest absolute Gasteiger partial charge is 0.333 e. The van der Waals surface area contributed by atoms with Gasteiger partial charge in [0.2, 0.25) is 0 Å². The Hall–Kier alpha value is -0.870. The molecule has 0 rings (SSSR count). The number of likely N-dealkylation sites (N-methyl/N-ethyl adjacent to an activating group) is 2. The Labute approximate surface area is 99.1 Å². The van der Waals surface area contributed by atoms with Crippen LogP contribution in [0, 0.1) is 0 Å². The first kappa shape index (κ1) is 15.1. The van der Waals surface area contributed by atoms with E-state index in [0.717, 1.165) is 17.6 Å². The largest absolute Gasteiger partial charge is 0.452 e. The second kappa shape index (κ2) is 6.01. The third-order valence-electron chi connectivity index (χ3n) is 1.94. The molecule has 0 N–H and O–H groups in total. The molecule has 0 aromatic rings. The predicted octanol–water partition coefficient (Wildman–Crippen LogP) is 0.742. The Balaban J connectivity index is 4.43. The van der Waals surface area contributed by atoms with E-state index < -0.39 is 0 Å². The fraction of sp³-hybridized carbons (Fsp3) is 0.750. The molecule has 16 heavy (non-hydrogen) atoms. The fourth-order valence-corrected chi connectivity index (χ4v) is 1.40.